The molecule has 0 aliphatic carbocycles. The van der Waals surface area contributed by atoms with Crippen LogP contribution in [0.15, 0.2) is 42.6 Å². The molecule has 0 bridgehead atoms. The molecule has 0 fully saturated rings. The monoisotopic (exact) mass is 395 g/mol. The summed E-state index contributed by atoms with van der Waals surface area (Å²) in [5, 5.41) is 18.8. The summed E-state index contributed by atoms with van der Waals surface area (Å²) in [5.74, 6) is 1.11. The van der Waals surface area contributed by atoms with Gasteiger partial charge in [0.2, 0.25) is 11.9 Å². The molecular formula is C19H18ClN7O. The molecule has 0 aliphatic heterocycles. The zero-order valence-electron chi connectivity index (χ0n) is 15.3. The second kappa shape index (κ2) is 7.32. The molecule has 0 atom stereocenters. The average molecular weight is 396 g/mol. The third kappa shape index (κ3) is 3.54. The van der Waals surface area contributed by atoms with E-state index < -0.39 is 0 Å². The molecule has 8 nitrogen and oxygen atoms in total. The van der Waals surface area contributed by atoms with Crippen LogP contribution >= 0.6 is 11.6 Å². The maximum Gasteiger partial charge on any atom is 0.225 e. The molecule has 2 heterocycles. The Bertz CT molecular complexity index is 1150. The number of halogens is 1. The van der Waals surface area contributed by atoms with Crippen LogP contribution < -0.4 is 10.6 Å². The number of rotatable bonds is 5. The van der Waals surface area contributed by atoms with Gasteiger partial charge < -0.3 is 10.6 Å². The summed E-state index contributed by atoms with van der Waals surface area (Å²) in [7, 11) is 1.81. The highest BCUT2D eigenvalue weighted by Crippen LogP contribution is 2.32. The van der Waals surface area contributed by atoms with Gasteiger partial charge in [-0.1, -0.05) is 35.9 Å². The number of carbonyl (C=O) groups excluding carboxylic acids is 1. The summed E-state index contributed by atoms with van der Waals surface area (Å²) >= 11 is 6.47. The number of aryl methyl sites for hydroxylation is 1. The first-order valence-electron chi connectivity index (χ1n) is 8.64. The molecule has 0 aliphatic rings. The van der Waals surface area contributed by atoms with Crippen molar-refractivity contribution in [2.45, 2.75) is 13.5 Å². The molecular weight excluding hydrogens is 378 g/mol. The molecule has 4 aromatic rings. The molecule has 0 saturated heterocycles. The molecule has 1 amide bonds. The van der Waals surface area contributed by atoms with Gasteiger partial charge in [-0.15, -0.1) is 5.10 Å². The van der Waals surface area contributed by atoms with E-state index in [2.05, 4.69) is 30.9 Å². The van der Waals surface area contributed by atoms with Crippen LogP contribution in [0.1, 0.15) is 12.5 Å². The summed E-state index contributed by atoms with van der Waals surface area (Å²) in [6.07, 6.45) is 1.69. The van der Waals surface area contributed by atoms with Gasteiger partial charge in [-0.2, -0.15) is 10.1 Å². The van der Waals surface area contributed by atoms with Gasteiger partial charge >= 0.3 is 0 Å². The van der Waals surface area contributed by atoms with Crippen LogP contribution in [0.25, 0.3) is 22.3 Å². The van der Waals surface area contributed by atoms with E-state index in [1.54, 1.807) is 10.9 Å². The van der Waals surface area contributed by atoms with Crippen LogP contribution in [0.2, 0.25) is 5.02 Å². The van der Waals surface area contributed by atoms with Crippen molar-refractivity contribution in [2.75, 3.05) is 5.32 Å². The highest BCUT2D eigenvalue weighted by Gasteiger charge is 2.13. The molecule has 0 saturated carbocycles. The molecule has 3 N–H and O–H groups in total. The van der Waals surface area contributed by atoms with Crippen LogP contribution in [0.3, 0.4) is 0 Å². The third-order valence-electron chi connectivity index (χ3n) is 4.32. The number of aromatic nitrogens is 5. The van der Waals surface area contributed by atoms with Crippen molar-refractivity contribution in [3.05, 3.63) is 53.2 Å². The Morgan fingerprint density at radius 2 is 2.00 bits per heavy atom. The maximum absolute atomic E-state index is 11.0. The van der Waals surface area contributed by atoms with Gasteiger partial charge in [0.05, 0.1) is 22.4 Å². The minimum absolute atomic E-state index is 0.0570. The summed E-state index contributed by atoms with van der Waals surface area (Å²) in [4.78, 5) is 15.6. The Hall–Kier alpha value is -3.39. The number of amides is 1. The molecule has 0 unspecified atom stereocenters. The highest BCUT2D eigenvalue weighted by molar-refractivity contribution is 6.38. The number of nitrogens with one attached hydrogen (secondary N) is 3. The van der Waals surface area contributed by atoms with E-state index in [0.717, 1.165) is 27.7 Å². The number of hydrogen-bond donors (Lipinski definition) is 3. The highest BCUT2D eigenvalue weighted by atomic mass is 35.5. The fourth-order valence-corrected chi connectivity index (χ4v) is 3.07. The number of carbonyl (C=O) groups is 1. The van der Waals surface area contributed by atoms with Crippen molar-refractivity contribution in [3.63, 3.8) is 0 Å². The number of benzene rings is 2. The van der Waals surface area contributed by atoms with Gasteiger partial charge in [-0.3, -0.25) is 9.89 Å². The van der Waals surface area contributed by atoms with Gasteiger partial charge in [0.15, 0.2) is 5.82 Å². The lowest BCUT2D eigenvalue weighted by Crippen LogP contribution is -2.18. The van der Waals surface area contributed by atoms with Crippen LogP contribution in [-0.2, 0) is 18.4 Å². The first-order valence-corrected chi connectivity index (χ1v) is 9.02. The zero-order valence-corrected chi connectivity index (χ0v) is 16.1. The first-order chi connectivity index (χ1) is 13.5. The van der Waals surface area contributed by atoms with Gasteiger partial charge in [0, 0.05) is 31.5 Å². The number of aromatic amines is 1. The van der Waals surface area contributed by atoms with E-state index in [4.69, 9.17) is 11.6 Å². The van der Waals surface area contributed by atoms with Gasteiger partial charge in [0.25, 0.3) is 0 Å². The van der Waals surface area contributed by atoms with E-state index in [0.29, 0.717) is 23.3 Å². The molecule has 0 radical (unpaired) electrons. The SMILES string of the molecule is CC(=O)NCc1ccc(-c2nc(Nc3ccc4[nH]ncc4c3Cl)n(C)n2)cc1. The maximum atomic E-state index is 11.0. The molecule has 4 rings (SSSR count). The van der Waals surface area contributed by atoms with Crippen molar-refractivity contribution >= 4 is 40.0 Å². The fraction of sp³-hybridized carbons (Fsp3) is 0.158. The Labute approximate surface area is 165 Å². The predicted octanol–water partition coefficient (Wildman–Crippen LogP) is 3.39. The minimum Gasteiger partial charge on any atom is -0.352 e. The molecule has 0 spiro atoms. The van der Waals surface area contributed by atoms with Gasteiger partial charge in [-0.05, 0) is 17.7 Å². The normalized spacial score (nSPS) is 11.0. The topological polar surface area (TPSA) is 101 Å². The summed E-state index contributed by atoms with van der Waals surface area (Å²) in [5.41, 5.74) is 3.48. The second-order valence-corrected chi connectivity index (χ2v) is 6.75. The summed E-state index contributed by atoms with van der Waals surface area (Å²) < 4.78 is 1.66. The third-order valence-corrected chi connectivity index (χ3v) is 4.73. The van der Waals surface area contributed by atoms with Crippen molar-refractivity contribution in [2.24, 2.45) is 7.05 Å². The Kier molecular flexibility index (Phi) is 4.70. The van der Waals surface area contributed by atoms with Crippen molar-refractivity contribution in [3.8, 4) is 11.4 Å². The lowest BCUT2D eigenvalue weighted by molar-refractivity contribution is -0.119. The van der Waals surface area contributed by atoms with E-state index in [1.165, 1.54) is 6.92 Å². The van der Waals surface area contributed by atoms with Crippen LogP contribution in [0.4, 0.5) is 11.6 Å². The number of anilines is 2. The van der Waals surface area contributed by atoms with Crippen LogP contribution in [-0.4, -0.2) is 30.9 Å². The first kappa shape index (κ1) is 18.0. The fourth-order valence-electron chi connectivity index (χ4n) is 2.81. The standard InChI is InChI=1S/C19H18ClN7O/c1-11(28)21-9-12-3-5-13(6-4-12)18-24-19(27(2)26-18)23-16-8-7-15-14(17(16)20)10-22-25-15/h3-8,10H,9H2,1-2H3,(H,21,28)(H,22,25)(H,23,24,26). The molecule has 142 valence electrons. The zero-order chi connectivity index (χ0) is 19.7. The Morgan fingerprint density at radius 1 is 1.21 bits per heavy atom. The number of fused-ring (bicyclic) bond motifs is 1. The van der Waals surface area contributed by atoms with Crippen molar-refractivity contribution < 1.29 is 4.79 Å². The van der Waals surface area contributed by atoms with Gasteiger partial charge in [0.1, 0.15) is 0 Å². The van der Waals surface area contributed by atoms with E-state index in [1.807, 2.05) is 43.4 Å². The minimum atomic E-state index is -0.0570. The lowest BCUT2D eigenvalue weighted by atomic mass is 10.1. The van der Waals surface area contributed by atoms with E-state index >= 15 is 0 Å². The Morgan fingerprint density at radius 3 is 2.75 bits per heavy atom. The average Bonchev–Trinajstić information content (AvgIpc) is 3.30. The molecule has 28 heavy (non-hydrogen) atoms. The second-order valence-electron chi connectivity index (χ2n) is 6.37. The number of H-pyrrole nitrogens is 1. The predicted molar refractivity (Wildman–Crippen MR) is 108 cm³/mol. The number of nitrogens with zero attached hydrogens (tertiary/aromatic N) is 4. The summed E-state index contributed by atoms with van der Waals surface area (Å²) in [6, 6.07) is 11.5. The lowest BCUT2D eigenvalue weighted by Gasteiger charge is -2.07. The van der Waals surface area contributed by atoms with Crippen LogP contribution in [0.5, 0.6) is 0 Å². The van der Waals surface area contributed by atoms with E-state index in [9.17, 15) is 4.79 Å². The van der Waals surface area contributed by atoms with Gasteiger partial charge in [-0.25, -0.2) is 4.68 Å². The van der Waals surface area contributed by atoms with Crippen molar-refractivity contribution in [1.82, 2.24) is 30.3 Å². The number of hydrogen-bond acceptors (Lipinski definition) is 5. The quantitative estimate of drug-likeness (QED) is 0.481. The summed E-state index contributed by atoms with van der Waals surface area (Å²) in [6.45, 7) is 1.99. The van der Waals surface area contributed by atoms with Crippen molar-refractivity contribution in [1.29, 1.82) is 0 Å². The molecule has 2 aromatic carbocycles. The van der Waals surface area contributed by atoms with Crippen LogP contribution in [0, 0.1) is 0 Å². The smallest absolute Gasteiger partial charge is 0.225 e. The largest absolute Gasteiger partial charge is 0.352 e. The van der Waals surface area contributed by atoms with E-state index in [-0.39, 0.29) is 5.91 Å². The molecule has 9 heteroatoms. The Balaban J connectivity index is 1.56. The molecule has 2 aromatic heterocycles.